The number of aromatic nitrogens is 1. The lowest BCUT2D eigenvalue weighted by Crippen LogP contribution is -2.16. The highest BCUT2D eigenvalue weighted by Gasteiger charge is 2.31. The summed E-state index contributed by atoms with van der Waals surface area (Å²) in [7, 11) is 0. The molecule has 0 saturated heterocycles. The molecule has 0 fully saturated rings. The Morgan fingerprint density at radius 1 is 1.00 bits per heavy atom. The summed E-state index contributed by atoms with van der Waals surface area (Å²) < 4.78 is 76.5. The number of rotatable bonds is 5. The maximum absolute atomic E-state index is 14.2. The predicted octanol–water partition coefficient (Wildman–Crippen LogP) is 4.83. The fourth-order valence-corrected chi connectivity index (χ4v) is 3.16. The van der Waals surface area contributed by atoms with Crippen molar-refractivity contribution in [1.82, 2.24) is 4.98 Å². The Labute approximate surface area is 160 Å². The molecule has 0 aliphatic rings. The zero-order chi connectivity index (χ0) is 20.3. The molecule has 0 amide bonds. The van der Waals surface area contributed by atoms with Crippen molar-refractivity contribution in [1.29, 1.82) is 0 Å². The quantitative estimate of drug-likeness (QED) is 0.446. The molecular weight excluding hydrogens is 398 g/mol. The Balaban J connectivity index is 1.96. The third-order valence-electron chi connectivity index (χ3n) is 3.86. The number of halogens is 4. The van der Waals surface area contributed by atoms with E-state index in [1.165, 1.54) is 48.8 Å². The molecule has 1 unspecified atom stereocenters. The maximum atomic E-state index is 14.2. The molecule has 28 heavy (non-hydrogen) atoms. The van der Waals surface area contributed by atoms with Gasteiger partial charge >= 0.3 is 6.36 Å². The minimum atomic E-state index is -4.78. The molecule has 1 aromatic heterocycles. The Morgan fingerprint density at radius 3 is 2.29 bits per heavy atom. The molecule has 1 heterocycles. The number of hydrogen-bond acceptors (Lipinski definition) is 4. The van der Waals surface area contributed by atoms with E-state index in [2.05, 4.69) is 9.72 Å². The van der Waals surface area contributed by atoms with E-state index in [0.717, 1.165) is 0 Å². The minimum Gasteiger partial charge on any atom is -0.772 e. The van der Waals surface area contributed by atoms with Gasteiger partial charge in [-0.15, -0.1) is 13.2 Å². The fraction of sp³-hybridized carbons (Fsp3) is 0.105. The van der Waals surface area contributed by atoms with Crippen molar-refractivity contribution in [2.45, 2.75) is 12.1 Å². The van der Waals surface area contributed by atoms with Crippen LogP contribution in [-0.2, 0) is 16.8 Å². The molecule has 3 rings (SSSR count). The van der Waals surface area contributed by atoms with E-state index in [4.69, 9.17) is 0 Å². The van der Waals surface area contributed by atoms with E-state index in [-0.39, 0.29) is 11.3 Å². The summed E-state index contributed by atoms with van der Waals surface area (Å²) in [6.07, 6.45) is -1.78. The molecule has 4 nitrogen and oxygen atoms in total. The summed E-state index contributed by atoms with van der Waals surface area (Å²) in [5.74, 6) is -1.47. The average molecular weight is 410 g/mol. The molecule has 0 aliphatic carbocycles. The van der Waals surface area contributed by atoms with E-state index in [1.807, 2.05) is 0 Å². The van der Waals surface area contributed by atoms with Crippen LogP contribution in [0.1, 0.15) is 5.56 Å². The summed E-state index contributed by atoms with van der Waals surface area (Å²) in [6, 6.07) is 11.0. The van der Waals surface area contributed by atoms with Gasteiger partial charge in [0.15, 0.2) is 0 Å². The first-order chi connectivity index (χ1) is 13.2. The van der Waals surface area contributed by atoms with E-state index < -0.39 is 29.0 Å². The van der Waals surface area contributed by atoms with Gasteiger partial charge < -0.3 is 9.29 Å². The van der Waals surface area contributed by atoms with Crippen LogP contribution in [0.5, 0.6) is 5.75 Å². The SMILES string of the molecule is O=S([O-])Cc1ccc(-c2cnccc2-c2ccc(OC(F)(F)F)cc2)cc1F. The fourth-order valence-electron chi connectivity index (χ4n) is 2.67. The zero-order valence-corrected chi connectivity index (χ0v) is 14.9. The topological polar surface area (TPSA) is 62.2 Å². The first-order valence-corrected chi connectivity index (χ1v) is 9.12. The molecule has 2 aromatic carbocycles. The number of benzene rings is 2. The van der Waals surface area contributed by atoms with E-state index in [9.17, 15) is 26.3 Å². The smallest absolute Gasteiger partial charge is 0.573 e. The van der Waals surface area contributed by atoms with Gasteiger partial charge in [-0.1, -0.05) is 35.3 Å². The van der Waals surface area contributed by atoms with Gasteiger partial charge in [-0.25, -0.2) is 4.39 Å². The van der Waals surface area contributed by atoms with Crippen LogP contribution in [0.2, 0.25) is 0 Å². The first kappa shape index (κ1) is 20.0. The summed E-state index contributed by atoms with van der Waals surface area (Å²) >= 11 is -2.42. The maximum Gasteiger partial charge on any atom is 0.573 e. The molecule has 0 bridgehead atoms. The summed E-state index contributed by atoms with van der Waals surface area (Å²) in [5, 5.41) is 0. The minimum absolute atomic E-state index is 0.0381. The molecule has 3 aromatic rings. The third kappa shape index (κ3) is 4.93. The van der Waals surface area contributed by atoms with Crippen molar-refractivity contribution in [3.05, 3.63) is 72.3 Å². The Bertz CT molecular complexity index is 1010. The van der Waals surface area contributed by atoms with Crippen LogP contribution >= 0.6 is 0 Å². The number of pyridine rings is 1. The van der Waals surface area contributed by atoms with Crippen LogP contribution < -0.4 is 4.74 Å². The lowest BCUT2D eigenvalue weighted by molar-refractivity contribution is -0.274. The molecule has 0 radical (unpaired) electrons. The van der Waals surface area contributed by atoms with Gasteiger partial charge in [0.05, 0.1) is 0 Å². The van der Waals surface area contributed by atoms with E-state index in [1.54, 1.807) is 12.1 Å². The highest BCUT2D eigenvalue weighted by molar-refractivity contribution is 7.78. The molecular formula is C19H12F4NO3S-. The van der Waals surface area contributed by atoms with Gasteiger partial charge in [-0.2, -0.15) is 0 Å². The van der Waals surface area contributed by atoms with Crippen LogP contribution in [0.4, 0.5) is 17.6 Å². The average Bonchev–Trinajstić information content (AvgIpc) is 2.62. The Kier molecular flexibility index (Phi) is 5.76. The highest BCUT2D eigenvalue weighted by Crippen LogP contribution is 2.33. The second-order valence-corrected chi connectivity index (χ2v) is 6.64. The highest BCUT2D eigenvalue weighted by atomic mass is 32.2. The third-order valence-corrected chi connectivity index (χ3v) is 4.40. The van der Waals surface area contributed by atoms with E-state index >= 15 is 0 Å². The molecule has 0 aliphatic heterocycles. The Morgan fingerprint density at radius 2 is 1.68 bits per heavy atom. The lowest BCUT2D eigenvalue weighted by Gasteiger charge is -2.13. The number of alkyl halides is 3. The summed E-state index contributed by atoms with van der Waals surface area (Å²) in [4.78, 5) is 4.02. The molecule has 0 N–H and O–H groups in total. The predicted molar refractivity (Wildman–Crippen MR) is 94.4 cm³/mol. The van der Waals surface area contributed by atoms with Crippen LogP contribution in [0, 0.1) is 5.82 Å². The van der Waals surface area contributed by atoms with Crippen molar-refractivity contribution in [2.24, 2.45) is 0 Å². The molecule has 1 atom stereocenters. The molecule has 146 valence electrons. The van der Waals surface area contributed by atoms with E-state index in [0.29, 0.717) is 22.3 Å². The van der Waals surface area contributed by atoms with Crippen molar-refractivity contribution in [3.8, 4) is 28.0 Å². The monoisotopic (exact) mass is 410 g/mol. The van der Waals surface area contributed by atoms with Crippen LogP contribution in [0.25, 0.3) is 22.3 Å². The molecule has 0 saturated carbocycles. The van der Waals surface area contributed by atoms with Crippen molar-refractivity contribution in [2.75, 3.05) is 0 Å². The summed E-state index contributed by atoms with van der Waals surface area (Å²) in [5.41, 5.74) is 2.23. The van der Waals surface area contributed by atoms with Crippen molar-refractivity contribution in [3.63, 3.8) is 0 Å². The molecule has 9 heteroatoms. The number of nitrogens with zero attached hydrogens (tertiary/aromatic N) is 1. The van der Waals surface area contributed by atoms with Gasteiger partial charge in [0.2, 0.25) is 0 Å². The van der Waals surface area contributed by atoms with Crippen LogP contribution in [0.15, 0.2) is 60.9 Å². The van der Waals surface area contributed by atoms with Crippen molar-refractivity contribution < 1.29 is 31.1 Å². The second kappa shape index (κ2) is 8.07. The van der Waals surface area contributed by atoms with Gasteiger partial charge in [0.25, 0.3) is 0 Å². The van der Waals surface area contributed by atoms with Crippen molar-refractivity contribution >= 4 is 11.1 Å². The lowest BCUT2D eigenvalue weighted by atomic mass is 9.96. The van der Waals surface area contributed by atoms with Gasteiger partial charge in [-0.05, 0) is 46.5 Å². The van der Waals surface area contributed by atoms with Crippen LogP contribution in [0.3, 0.4) is 0 Å². The normalized spacial score (nSPS) is 12.6. The first-order valence-electron chi connectivity index (χ1n) is 7.88. The Hall–Kier alpha value is -2.78. The largest absolute Gasteiger partial charge is 0.772 e. The van der Waals surface area contributed by atoms with Gasteiger partial charge in [-0.3, -0.25) is 9.19 Å². The number of ether oxygens (including phenoxy) is 1. The summed E-state index contributed by atoms with van der Waals surface area (Å²) in [6.45, 7) is 0. The van der Waals surface area contributed by atoms with Gasteiger partial charge in [0.1, 0.15) is 11.6 Å². The standard InChI is InChI=1S/C19H13F4NO3S/c20-18-9-13(1-2-14(18)11-28(25)26)17-10-24-8-7-16(17)12-3-5-15(6-4-12)27-19(21,22)23/h1-10H,11H2,(H,25,26)/p-1. The van der Waals surface area contributed by atoms with Gasteiger partial charge in [0, 0.05) is 23.7 Å². The van der Waals surface area contributed by atoms with Crippen LogP contribution in [-0.4, -0.2) is 20.1 Å². The molecule has 0 spiro atoms. The zero-order valence-electron chi connectivity index (χ0n) is 14.1. The second-order valence-electron chi connectivity index (χ2n) is 5.75. The number of hydrogen-bond donors (Lipinski definition) is 0.